The Morgan fingerprint density at radius 1 is 1.03 bits per heavy atom. The zero-order chi connectivity index (χ0) is 28.3. The van der Waals surface area contributed by atoms with E-state index in [1.165, 1.54) is 35.1 Å². The predicted octanol–water partition coefficient (Wildman–Crippen LogP) is 4.84. The Bertz CT molecular complexity index is 998. The van der Waals surface area contributed by atoms with Crippen molar-refractivity contribution in [1.29, 1.82) is 0 Å². The molecule has 1 aliphatic rings. The summed E-state index contributed by atoms with van der Waals surface area (Å²) in [5, 5.41) is 11.2. The lowest BCUT2D eigenvalue weighted by atomic mass is 10.0. The number of hydrogen-bond acceptors (Lipinski definition) is 12. The number of hydrogen-bond donors (Lipinski definition) is 0. The maximum absolute atomic E-state index is 12.0. The van der Waals surface area contributed by atoms with E-state index in [1.54, 1.807) is 10.8 Å². The van der Waals surface area contributed by atoms with Gasteiger partial charge in [-0.15, -0.1) is 5.06 Å². The first-order valence-corrected chi connectivity index (χ1v) is 14.2. The summed E-state index contributed by atoms with van der Waals surface area (Å²) < 4.78 is 15.8. The summed E-state index contributed by atoms with van der Waals surface area (Å²) in [6, 6.07) is 5.11. The van der Waals surface area contributed by atoms with Crippen molar-refractivity contribution in [1.82, 2.24) is 5.06 Å². The number of hydroxylamine groups is 2. The van der Waals surface area contributed by atoms with Crippen LogP contribution in [0.4, 0.5) is 10.5 Å². The first kappa shape index (κ1) is 31.4. The topological polar surface area (TPSA) is 152 Å². The Kier molecular flexibility index (Phi) is 11.9. The zero-order valence-electron chi connectivity index (χ0n) is 21.8. The Morgan fingerprint density at radius 3 is 2.26 bits per heavy atom. The van der Waals surface area contributed by atoms with E-state index in [9.17, 15) is 29.3 Å². The number of amides is 2. The van der Waals surface area contributed by atoms with Gasteiger partial charge in [0, 0.05) is 42.1 Å². The maximum Gasteiger partial charge on any atom is 0.513 e. The highest BCUT2D eigenvalue weighted by molar-refractivity contribution is 8.77. The monoisotopic (exact) mass is 572 g/mol. The van der Waals surface area contributed by atoms with Crippen LogP contribution in [0, 0.1) is 10.1 Å². The zero-order valence-corrected chi connectivity index (χ0v) is 23.4. The number of imide groups is 1. The van der Waals surface area contributed by atoms with Gasteiger partial charge in [-0.3, -0.25) is 19.7 Å². The van der Waals surface area contributed by atoms with Crippen molar-refractivity contribution in [2.24, 2.45) is 0 Å². The summed E-state index contributed by atoms with van der Waals surface area (Å²) in [6.07, 6.45) is 0.301. The van der Waals surface area contributed by atoms with E-state index in [4.69, 9.17) is 19.0 Å². The first-order valence-electron chi connectivity index (χ1n) is 11.9. The molecule has 2 rings (SSSR count). The van der Waals surface area contributed by atoms with Crippen LogP contribution in [0.1, 0.15) is 59.8 Å². The van der Waals surface area contributed by atoms with Gasteiger partial charge in [0.05, 0.1) is 16.9 Å². The van der Waals surface area contributed by atoms with Crippen LogP contribution in [-0.4, -0.2) is 63.2 Å². The van der Waals surface area contributed by atoms with Crippen molar-refractivity contribution in [3.63, 3.8) is 0 Å². The van der Waals surface area contributed by atoms with Crippen molar-refractivity contribution in [2.75, 3.05) is 19.0 Å². The summed E-state index contributed by atoms with van der Waals surface area (Å²) >= 11 is 0. The average Bonchev–Trinajstić information content (AvgIpc) is 3.14. The minimum Gasteiger partial charge on any atom is -0.433 e. The van der Waals surface area contributed by atoms with Gasteiger partial charge in [-0.1, -0.05) is 21.6 Å². The average molecular weight is 573 g/mol. The number of carbonyl (C=O) groups is 4. The van der Waals surface area contributed by atoms with Crippen molar-refractivity contribution in [3.05, 3.63) is 34.4 Å². The molecule has 2 amide bonds. The van der Waals surface area contributed by atoms with Crippen LogP contribution < -0.4 is 4.74 Å². The highest BCUT2D eigenvalue weighted by Gasteiger charge is 2.33. The van der Waals surface area contributed by atoms with Crippen molar-refractivity contribution < 1.29 is 43.1 Å². The molecule has 0 spiro atoms. The molecule has 1 aromatic rings. The van der Waals surface area contributed by atoms with Crippen LogP contribution in [0.15, 0.2) is 24.3 Å². The van der Waals surface area contributed by atoms with Gasteiger partial charge in [-0.05, 0) is 52.7 Å². The van der Waals surface area contributed by atoms with E-state index >= 15 is 0 Å². The molecular weight excluding hydrogens is 540 g/mol. The number of benzene rings is 1. The number of ether oxygens (including phenoxy) is 3. The SMILES string of the molecule is CC(C)(CCC(=O)ON1C(=O)CCC1=O)OCCC(C)(C)SSCCOC(=O)Oc1ccc([N+](=O)[O-])cc1. The van der Waals surface area contributed by atoms with Crippen LogP contribution in [-0.2, 0) is 28.7 Å². The van der Waals surface area contributed by atoms with E-state index in [-0.39, 0.29) is 42.1 Å². The normalized spacial score (nSPS) is 13.9. The maximum atomic E-state index is 12.0. The van der Waals surface area contributed by atoms with Crippen LogP contribution in [0.3, 0.4) is 0 Å². The minimum atomic E-state index is -0.887. The second-order valence-corrected chi connectivity index (χ2v) is 12.6. The lowest BCUT2D eigenvalue weighted by Gasteiger charge is -2.29. The highest BCUT2D eigenvalue weighted by Crippen LogP contribution is 2.38. The fraction of sp³-hybridized carbons (Fsp3) is 0.583. The molecule has 0 saturated carbocycles. The van der Waals surface area contributed by atoms with Crippen molar-refractivity contribution >= 4 is 51.2 Å². The fourth-order valence-corrected chi connectivity index (χ4v) is 5.40. The van der Waals surface area contributed by atoms with Crippen LogP contribution in [0.2, 0.25) is 0 Å². The molecule has 1 fully saturated rings. The quantitative estimate of drug-likeness (QED) is 0.0537. The predicted molar refractivity (Wildman–Crippen MR) is 140 cm³/mol. The number of nitrogens with zero attached hydrogens (tertiary/aromatic N) is 2. The van der Waals surface area contributed by atoms with Crippen molar-refractivity contribution in [3.8, 4) is 5.75 Å². The number of carbonyl (C=O) groups excluding carboxylic acids is 4. The molecule has 38 heavy (non-hydrogen) atoms. The smallest absolute Gasteiger partial charge is 0.433 e. The van der Waals surface area contributed by atoms with Gasteiger partial charge in [0.2, 0.25) is 0 Å². The number of nitro groups is 1. The van der Waals surface area contributed by atoms with Gasteiger partial charge in [0.1, 0.15) is 12.4 Å². The molecule has 1 heterocycles. The van der Waals surface area contributed by atoms with Gasteiger partial charge in [0.15, 0.2) is 0 Å². The van der Waals surface area contributed by atoms with Gasteiger partial charge in [0.25, 0.3) is 17.5 Å². The summed E-state index contributed by atoms with van der Waals surface area (Å²) in [5.41, 5.74) is -0.713. The summed E-state index contributed by atoms with van der Waals surface area (Å²) in [7, 11) is 3.16. The molecule has 0 aromatic heterocycles. The summed E-state index contributed by atoms with van der Waals surface area (Å²) in [5.74, 6) is -0.993. The third-order valence-electron chi connectivity index (χ3n) is 5.25. The molecular formula is C24H32N2O10S2. The first-order chi connectivity index (χ1) is 17.8. The molecule has 0 atom stereocenters. The lowest BCUT2D eigenvalue weighted by Crippen LogP contribution is -2.33. The molecule has 0 radical (unpaired) electrons. The molecule has 1 aromatic carbocycles. The second-order valence-electron chi connectivity index (χ2n) is 9.52. The second kappa shape index (κ2) is 14.4. The Labute approximate surface area is 228 Å². The van der Waals surface area contributed by atoms with E-state index in [0.29, 0.717) is 23.8 Å². The third-order valence-corrected chi connectivity index (χ3v) is 8.56. The van der Waals surface area contributed by atoms with Crippen LogP contribution in [0.25, 0.3) is 0 Å². The summed E-state index contributed by atoms with van der Waals surface area (Å²) in [6.45, 7) is 8.42. The largest absolute Gasteiger partial charge is 0.513 e. The summed E-state index contributed by atoms with van der Waals surface area (Å²) in [4.78, 5) is 61.9. The van der Waals surface area contributed by atoms with Crippen LogP contribution in [0.5, 0.6) is 5.75 Å². The van der Waals surface area contributed by atoms with Gasteiger partial charge in [-0.25, -0.2) is 9.59 Å². The Balaban J connectivity index is 1.58. The van der Waals surface area contributed by atoms with E-state index in [1.807, 2.05) is 13.8 Å². The minimum absolute atomic E-state index is 0.00465. The molecule has 210 valence electrons. The molecule has 1 saturated heterocycles. The molecule has 0 unspecified atom stereocenters. The number of nitro benzene ring substituents is 1. The Hall–Kier alpha value is -2.84. The Morgan fingerprint density at radius 2 is 1.66 bits per heavy atom. The fourth-order valence-electron chi connectivity index (χ4n) is 3.02. The van der Waals surface area contributed by atoms with Crippen LogP contribution >= 0.6 is 21.6 Å². The molecule has 12 nitrogen and oxygen atoms in total. The molecule has 1 aliphatic heterocycles. The van der Waals surface area contributed by atoms with Gasteiger partial charge >= 0.3 is 12.1 Å². The molecule has 0 N–H and O–H groups in total. The van der Waals surface area contributed by atoms with E-state index in [2.05, 4.69) is 13.8 Å². The van der Waals surface area contributed by atoms with E-state index < -0.39 is 34.5 Å². The van der Waals surface area contributed by atoms with E-state index in [0.717, 1.165) is 6.42 Å². The molecule has 14 heteroatoms. The van der Waals surface area contributed by atoms with Gasteiger partial charge < -0.3 is 19.0 Å². The molecule has 0 bridgehead atoms. The molecule has 0 aliphatic carbocycles. The lowest BCUT2D eigenvalue weighted by molar-refractivity contribution is -0.384. The van der Waals surface area contributed by atoms with Gasteiger partial charge in [-0.2, -0.15) is 0 Å². The highest BCUT2D eigenvalue weighted by atomic mass is 33.1. The third kappa shape index (κ3) is 11.3. The standard InChI is InChI=1S/C24H32N2O10S2/c1-23(2,12-11-21(29)36-25-19(27)9-10-20(25)28)34-14-13-24(3,4)38-37-16-15-33-22(30)35-18-7-5-17(6-8-18)26(31)32/h5-8H,9-16H2,1-4H3. The van der Waals surface area contributed by atoms with Crippen molar-refractivity contribution in [2.45, 2.75) is 70.1 Å². The number of rotatable bonds is 15. The number of non-ortho nitro benzene ring substituents is 1.